The van der Waals surface area contributed by atoms with E-state index in [0.29, 0.717) is 36.9 Å². The van der Waals surface area contributed by atoms with Gasteiger partial charge < -0.3 is 15.2 Å². The molecule has 1 aromatic heterocycles. The van der Waals surface area contributed by atoms with Gasteiger partial charge in [-0.25, -0.2) is 13.4 Å². The van der Waals surface area contributed by atoms with Crippen molar-refractivity contribution >= 4 is 32.2 Å². The Bertz CT molecular complexity index is 719. The van der Waals surface area contributed by atoms with Gasteiger partial charge in [0.25, 0.3) is 0 Å². The number of thiazole rings is 1. The Morgan fingerprint density at radius 1 is 1.36 bits per heavy atom. The molecule has 1 amide bonds. The lowest BCUT2D eigenvalue weighted by atomic mass is 9.92. The SMILES string of the molecule is CC(C)(CO)c1csc(NC(=O)C(C)(C)S(=O)(=O)C2CCOCC2)n1. The molecule has 1 saturated heterocycles. The van der Waals surface area contributed by atoms with Crippen molar-refractivity contribution in [2.75, 3.05) is 25.1 Å². The third kappa shape index (κ3) is 4.05. The summed E-state index contributed by atoms with van der Waals surface area (Å²) in [4.78, 5) is 17.0. The summed E-state index contributed by atoms with van der Waals surface area (Å²) in [6.07, 6.45) is 0.816. The molecule has 0 bridgehead atoms. The van der Waals surface area contributed by atoms with Crippen molar-refractivity contribution in [3.05, 3.63) is 11.1 Å². The highest BCUT2D eigenvalue weighted by Gasteiger charge is 2.46. The van der Waals surface area contributed by atoms with Gasteiger partial charge in [-0.05, 0) is 26.7 Å². The van der Waals surface area contributed by atoms with E-state index < -0.39 is 31.2 Å². The van der Waals surface area contributed by atoms with Gasteiger partial charge in [0.15, 0.2) is 15.0 Å². The van der Waals surface area contributed by atoms with Gasteiger partial charge in [-0.15, -0.1) is 11.3 Å². The van der Waals surface area contributed by atoms with Crippen LogP contribution >= 0.6 is 11.3 Å². The maximum absolute atomic E-state index is 12.9. The van der Waals surface area contributed by atoms with Gasteiger partial charge in [0.05, 0.1) is 17.6 Å². The van der Waals surface area contributed by atoms with Gasteiger partial charge >= 0.3 is 0 Å². The molecule has 0 atom stereocenters. The number of hydrogen-bond acceptors (Lipinski definition) is 7. The second-order valence-electron chi connectivity index (χ2n) is 7.40. The first-order chi connectivity index (χ1) is 11.5. The number of amides is 1. The number of aliphatic hydroxyl groups excluding tert-OH is 1. The first-order valence-corrected chi connectivity index (χ1v) is 10.6. The quantitative estimate of drug-likeness (QED) is 0.766. The third-order valence-electron chi connectivity index (χ3n) is 4.68. The maximum Gasteiger partial charge on any atom is 0.247 e. The first-order valence-electron chi connectivity index (χ1n) is 8.22. The van der Waals surface area contributed by atoms with Gasteiger partial charge in [0.1, 0.15) is 4.75 Å². The van der Waals surface area contributed by atoms with Crippen LogP contribution < -0.4 is 5.32 Å². The Morgan fingerprint density at radius 3 is 2.52 bits per heavy atom. The van der Waals surface area contributed by atoms with Crippen molar-refractivity contribution in [3.8, 4) is 0 Å². The molecule has 0 aliphatic carbocycles. The maximum atomic E-state index is 12.9. The van der Waals surface area contributed by atoms with Crippen molar-refractivity contribution in [2.24, 2.45) is 0 Å². The summed E-state index contributed by atoms with van der Waals surface area (Å²) < 4.78 is 29.4. The lowest BCUT2D eigenvalue weighted by molar-refractivity contribution is -0.117. The molecule has 0 radical (unpaired) electrons. The zero-order valence-electron chi connectivity index (χ0n) is 15.0. The monoisotopic (exact) mass is 390 g/mol. The minimum atomic E-state index is -3.66. The van der Waals surface area contributed by atoms with Crippen LogP contribution in [0.1, 0.15) is 46.2 Å². The fourth-order valence-electron chi connectivity index (χ4n) is 2.50. The van der Waals surface area contributed by atoms with E-state index in [2.05, 4.69) is 10.3 Å². The molecule has 2 rings (SSSR count). The van der Waals surface area contributed by atoms with Crippen LogP contribution in [0.15, 0.2) is 5.38 Å². The minimum Gasteiger partial charge on any atom is -0.395 e. The second kappa shape index (κ2) is 7.30. The topological polar surface area (TPSA) is 106 Å². The fraction of sp³-hybridized carbons (Fsp3) is 0.750. The van der Waals surface area contributed by atoms with Crippen LogP contribution in [0, 0.1) is 0 Å². The summed E-state index contributed by atoms with van der Waals surface area (Å²) in [5.41, 5.74) is 0.129. The van der Waals surface area contributed by atoms with Crippen LogP contribution in [0.5, 0.6) is 0 Å². The fourth-order valence-corrected chi connectivity index (χ4v) is 5.36. The lowest BCUT2D eigenvalue weighted by Gasteiger charge is -2.30. The van der Waals surface area contributed by atoms with Crippen LogP contribution in [0.2, 0.25) is 0 Å². The van der Waals surface area contributed by atoms with Gasteiger partial charge in [0.2, 0.25) is 5.91 Å². The Labute approximate surface area is 152 Å². The van der Waals surface area contributed by atoms with Crippen LogP contribution in [-0.4, -0.2) is 54.2 Å². The van der Waals surface area contributed by atoms with E-state index in [1.807, 2.05) is 13.8 Å². The second-order valence-corrected chi connectivity index (χ2v) is 11.0. The van der Waals surface area contributed by atoms with E-state index >= 15 is 0 Å². The number of rotatable bonds is 6. The average molecular weight is 391 g/mol. The van der Waals surface area contributed by atoms with Crippen molar-refractivity contribution < 1.29 is 23.1 Å². The van der Waals surface area contributed by atoms with Crippen molar-refractivity contribution in [2.45, 2.75) is 55.9 Å². The predicted molar refractivity (Wildman–Crippen MR) is 97.7 cm³/mol. The molecule has 2 heterocycles. The average Bonchev–Trinajstić information content (AvgIpc) is 3.04. The van der Waals surface area contributed by atoms with Crippen LogP contribution in [-0.2, 0) is 24.8 Å². The number of carbonyl (C=O) groups excluding carboxylic acids is 1. The number of anilines is 1. The molecular weight excluding hydrogens is 364 g/mol. The molecule has 1 aliphatic rings. The molecule has 1 fully saturated rings. The molecule has 1 aromatic rings. The normalized spacial score (nSPS) is 17.5. The molecule has 0 spiro atoms. The molecule has 0 aromatic carbocycles. The van der Waals surface area contributed by atoms with Crippen molar-refractivity contribution in [1.29, 1.82) is 0 Å². The van der Waals surface area contributed by atoms with Gasteiger partial charge in [-0.1, -0.05) is 13.8 Å². The van der Waals surface area contributed by atoms with Crippen LogP contribution in [0.3, 0.4) is 0 Å². The number of aromatic nitrogens is 1. The third-order valence-corrected chi connectivity index (χ3v) is 8.39. The first kappa shape index (κ1) is 20.3. The molecule has 142 valence electrons. The zero-order valence-corrected chi connectivity index (χ0v) is 16.7. The number of carbonyl (C=O) groups is 1. The number of ether oxygens (including phenoxy) is 1. The van der Waals surface area contributed by atoms with E-state index in [9.17, 15) is 18.3 Å². The summed E-state index contributed by atoms with van der Waals surface area (Å²) in [7, 11) is -3.66. The summed E-state index contributed by atoms with van der Waals surface area (Å²) >= 11 is 1.21. The standard InChI is InChI=1S/C16H26N2O5S2/c1-15(2,10-19)12-9-24-14(17-12)18-13(20)16(3,4)25(21,22)11-5-7-23-8-6-11/h9,11,19H,5-8,10H2,1-4H3,(H,17,18,20). The van der Waals surface area contributed by atoms with Gasteiger partial charge in [-0.3, -0.25) is 4.79 Å². The molecule has 1 aliphatic heterocycles. The van der Waals surface area contributed by atoms with Crippen LogP contribution in [0.25, 0.3) is 0 Å². The molecule has 7 nitrogen and oxygen atoms in total. The van der Waals surface area contributed by atoms with Gasteiger partial charge in [-0.2, -0.15) is 0 Å². The smallest absolute Gasteiger partial charge is 0.247 e. The number of nitrogens with zero attached hydrogens (tertiary/aromatic N) is 1. The van der Waals surface area contributed by atoms with Crippen molar-refractivity contribution in [1.82, 2.24) is 4.98 Å². The van der Waals surface area contributed by atoms with E-state index in [4.69, 9.17) is 4.74 Å². The minimum absolute atomic E-state index is 0.0757. The Kier molecular flexibility index (Phi) is 5.92. The number of hydrogen-bond donors (Lipinski definition) is 2. The summed E-state index contributed by atoms with van der Waals surface area (Å²) in [5.74, 6) is -0.596. The largest absolute Gasteiger partial charge is 0.395 e. The van der Waals surface area contributed by atoms with E-state index in [1.54, 1.807) is 5.38 Å². The van der Waals surface area contributed by atoms with Crippen molar-refractivity contribution in [3.63, 3.8) is 0 Å². The molecular formula is C16H26N2O5S2. The number of nitrogens with one attached hydrogen (secondary N) is 1. The van der Waals surface area contributed by atoms with E-state index in [-0.39, 0.29) is 6.61 Å². The number of aliphatic hydroxyl groups is 1. The molecule has 9 heteroatoms. The predicted octanol–water partition coefficient (Wildman–Crippen LogP) is 1.72. The summed E-state index contributed by atoms with van der Waals surface area (Å²) in [6.45, 7) is 7.26. The van der Waals surface area contributed by atoms with Crippen LogP contribution in [0.4, 0.5) is 5.13 Å². The number of sulfone groups is 1. The highest BCUT2D eigenvalue weighted by atomic mass is 32.2. The molecule has 0 saturated carbocycles. The highest BCUT2D eigenvalue weighted by Crippen LogP contribution is 2.31. The summed E-state index contributed by atoms with van der Waals surface area (Å²) in [6, 6.07) is 0. The molecule has 2 N–H and O–H groups in total. The lowest BCUT2D eigenvalue weighted by Crippen LogP contribution is -2.50. The Balaban J connectivity index is 2.16. The van der Waals surface area contributed by atoms with Gasteiger partial charge in [0, 0.05) is 24.0 Å². The Hall–Kier alpha value is -1.03. The molecule has 25 heavy (non-hydrogen) atoms. The summed E-state index contributed by atoms with van der Waals surface area (Å²) in [5, 5.41) is 13.5. The zero-order chi connectivity index (χ0) is 18.9. The highest BCUT2D eigenvalue weighted by molar-refractivity contribution is 7.94. The molecule has 0 unspecified atom stereocenters. The van der Waals surface area contributed by atoms with E-state index in [1.165, 1.54) is 25.2 Å². The van der Waals surface area contributed by atoms with E-state index in [0.717, 1.165) is 0 Å². The Morgan fingerprint density at radius 2 is 1.96 bits per heavy atom.